The molecule has 16 heavy (non-hydrogen) atoms. The van der Waals surface area contributed by atoms with Crippen LogP contribution in [-0.4, -0.2) is 22.2 Å². The van der Waals surface area contributed by atoms with Crippen LogP contribution < -0.4 is 0 Å². The van der Waals surface area contributed by atoms with Gasteiger partial charge in [-0.05, 0) is 18.2 Å². The van der Waals surface area contributed by atoms with Gasteiger partial charge in [0.15, 0.2) is 0 Å². The Labute approximate surface area is 91.4 Å². The normalized spacial score (nSPS) is 14.5. The van der Waals surface area contributed by atoms with E-state index >= 15 is 0 Å². The van der Waals surface area contributed by atoms with E-state index < -0.39 is 0 Å². The summed E-state index contributed by atoms with van der Waals surface area (Å²) in [6.45, 7) is 2.08. The van der Waals surface area contributed by atoms with E-state index in [1.807, 2.05) is 6.07 Å². The Morgan fingerprint density at radius 3 is 3.31 bits per heavy atom. The number of nitrogens with zero attached hydrogens (tertiary/aromatic N) is 3. The molecular weight excluding hydrogens is 206 g/mol. The first-order valence-corrected chi connectivity index (χ1v) is 5.03. The molecule has 0 saturated carbocycles. The Bertz CT molecular complexity index is 597. The van der Waals surface area contributed by atoms with Crippen LogP contribution in [0.5, 0.6) is 0 Å². The number of benzene rings is 1. The van der Waals surface area contributed by atoms with Gasteiger partial charge in [0.25, 0.3) is 0 Å². The molecule has 2 aromatic rings. The van der Waals surface area contributed by atoms with Gasteiger partial charge in [-0.25, -0.2) is 9.78 Å². The standard InChI is InChI=1S/C11H9N3O2/c15-7-12-8-1-2-10-9(5-8)13-11-6-16-4-3-14(10)11/h1-2,5H,3-4,6H2. The molecule has 1 aromatic heterocycles. The van der Waals surface area contributed by atoms with E-state index in [1.165, 1.54) is 6.08 Å². The Morgan fingerprint density at radius 2 is 2.44 bits per heavy atom. The topological polar surface area (TPSA) is 56.5 Å². The van der Waals surface area contributed by atoms with Crippen LogP contribution in [0.4, 0.5) is 5.69 Å². The molecule has 0 atom stereocenters. The summed E-state index contributed by atoms with van der Waals surface area (Å²) in [5.41, 5.74) is 2.49. The average Bonchev–Trinajstić information content (AvgIpc) is 2.67. The maximum Gasteiger partial charge on any atom is 0.240 e. The lowest BCUT2D eigenvalue weighted by atomic mass is 10.3. The quantitative estimate of drug-likeness (QED) is 0.535. The van der Waals surface area contributed by atoms with Gasteiger partial charge in [0.2, 0.25) is 6.08 Å². The summed E-state index contributed by atoms with van der Waals surface area (Å²) in [6, 6.07) is 5.50. The highest BCUT2D eigenvalue weighted by atomic mass is 16.5. The first-order chi connectivity index (χ1) is 7.88. The monoisotopic (exact) mass is 215 g/mol. The molecule has 5 nitrogen and oxygen atoms in total. The first-order valence-electron chi connectivity index (χ1n) is 5.03. The second-order valence-electron chi connectivity index (χ2n) is 3.61. The second kappa shape index (κ2) is 3.56. The van der Waals surface area contributed by atoms with Crippen LogP contribution >= 0.6 is 0 Å². The summed E-state index contributed by atoms with van der Waals surface area (Å²) in [5.74, 6) is 0.925. The van der Waals surface area contributed by atoms with E-state index in [4.69, 9.17) is 4.74 Å². The van der Waals surface area contributed by atoms with E-state index in [-0.39, 0.29) is 0 Å². The molecule has 80 valence electrons. The molecule has 3 rings (SSSR count). The molecule has 0 N–H and O–H groups in total. The minimum absolute atomic E-state index is 0.543. The fourth-order valence-corrected chi connectivity index (χ4v) is 1.97. The van der Waals surface area contributed by atoms with Gasteiger partial charge in [0.1, 0.15) is 12.4 Å². The maximum absolute atomic E-state index is 10.2. The number of fused-ring (bicyclic) bond motifs is 3. The van der Waals surface area contributed by atoms with Gasteiger partial charge in [-0.3, -0.25) is 0 Å². The smallest absolute Gasteiger partial charge is 0.240 e. The zero-order valence-corrected chi connectivity index (χ0v) is 8.51. The van der Waals surface area contributed by atoms with Crippen molar-refractivity contribution in [2.45, 2.75) is 13.2 Å². The molecule has 0 fully saturated rings. The number of carbonyl (C=O) groups excluding carboxylic acids is 1. The lowest BCUT2D eigenvalue weighted by molar-refractivity contribution is 0.0830. The van der Waals surface area contributed by atoms with Gasteiger partial charge in [-0.1, -0.05) is 0 Å². The Morgan fingerprint density at radius 1 is 1.50 bits per heavy atom. The zero-order valence-electron chi connectivity index (χ0n) is 8.51. The van der Waals surface area contributed by atoms with Crippen molar-refractivity contribution in [3.05, 3.63) is 24.0 Å². The highest BCUT2D eigenvalue weighted by molar-refractivity contribution is 5.80. The van der Waals surface area contributed by atoms with Crippen LogP contribution in [-0.2, 0) is 22.7 Å². The van der Waals surface area contributed by atoms with Crippen molar-refractivity contribution >= 4 is 22.8 Å². The van der Waals surface area contributed by atoms with Gasteiger partial charge in [-0.15, -0.1) is 0 Å². The van der Waals surface area contributed by atoms with Crippen LogP contribution in [0, 0.1) is 0 Å². The lowest BCUT2D eigenvalue weighted by Gasteiger charge is -2.14. The van der Waals surface area contributed by atoms with E-state index in [1.54, 1.807) is 12.1 Å². The summed E-state index contributed by atoms with van der Waals surface area (Å²) in [7, 11) is 0. The van der Waals surface area contributed by atoms with Crippen molar-refractivity contribution in [2.75, 3.05) is 6.61 Å². The van der Waals surface area contributed by atoms with Crippen molar-refractivity contribution in [3.8, 4) is 0 Å². The number of ether oxygens (including phenoxy) is 1. The minimum Gasteiger partial charge on any atom is -0.372 e. The SMILES string of the molecule is O=C=Nc1ccc2c(c1)nc1n2CCOC1. The number of imidazole rings is 1. The molecule has 1 aliphatic heterocycles. The second-order valence-corrected chi connectivity index (χ2v) is 3.61. The molecule has 0 radical (unpaired) electrons. The predicted molar refractivity (Wildman–Crippen MR) is 57.2 cm³/mol. The van der Waals surface area contributed by atoms with Gasteiger partial charge < -0.3 is 9.30 Å². The summed E-state index contributed by atoms with van der Waals surface area (Å²) in [4.78, 5) is 18.2. The number of isocyanates is 1. The third-order valence-corrected chi connectivity index (χ3v) is 2.68. The van der Waals surface area contributed by atoms with E-state index in [9.17, 15) is 4.79 Å². The number of aliphatic imine (C=N–C) groups is 1. The lowest BCUT2D eigenvalue weighted by Crippen LogP contribution is -2.16. The van der Waals surface area contributed by atoms with Crippen LogP contribution in [0.1, 0.15) is 5.82 Å². The maximum atomic E-state index is 10.2. The number of hydrogen-bond donors (Lipinski definition) is 0. The van der Waals surface area contributed by atoms with Crippen molar-refractivity contribution in [1.29, 1.82) is 0 Å². The van der Waals surface area contributed by atoms with E-state index in [0.29, 0.717) is 18.9 Å². The van der Waals surface area contributed by atoms with Crippen molar-refractivity contribution in [1.82, 2.24) is 9.55 Å². The first kappa shape index (κ1) is 9.27. The molecule has 1 aromatic carbocycles. The van der Waals surface area contributed by atoms with Crippen molar-refractivity contribution in [3.63, 3.8) is 0 Å². The van der Waals surface area contributed by atoms with Gasteiger partial charge >= 0.3 is 0 Å². The highest BCUT2D eigenvalue weighted by Crippen LogP contribution is 2.23. The molecular formula is C11H9N3O2. The van der Waals surface area contributed by atoms with Crippen LogP contribution in [0.15, 0.2) is 23.2 Å². The third-order valence-electron chi connectivity index (χ3n) is 2.68. The molecule has 1 aliphatic rings. The van der Waals surface area contributed by atoms with Crippen LogP contribution in [0.3, 0.4) is 0 Å². The Kier molecular flexibility index (Phi) is 2.06. The summed E-state index contributed by atoms with van der Waals surface area (Å²) in [5, 5.41) is 0. The molecule has 5 heteroatoms. The van der Waals surface area contributed by atoms with Gasteiger partial charge in [0.05, 0.1) is 23.3 Å². The summed E-state index contributed by atoms with van der Waals surface area (Å²) in [6.07, 6.45) is 1.53. The number of rotatable bonds is 1. The molecule has 0 aliphatic carbocycles. The number of aromatic nitrogens is 2. The zero-order chi connectivity index (χ0) is 11.0. The molecule has 0 amide bonds. The van der Waals surface area contributed by atoms with Crippen molar-refractivity contribution < 1.29 is 9.53 Å². The molecule has 2 heterocycles. The Balaban J connectivity index is 2.22. The summed E-state index contributed by atoms with van der Waals surface area (Å²) >= 11 is 0. The largest absolute Gasteiger partial charge is 0.372 e. The summed E-state index contributed by atoms with van der Waals surface area (Å²) < 4.78 is 7.47. The fraction of sp³-hybridized carbons (Fsp3) is 0.273. The van der Waals surface area contributed by atoms with Crippen LogP contribution in [0.25, 0.3) is 11.0 Å². The van der Waals surface area contributed by atoms with E-state index in [0.717, 1.165) is 23.4 Å². The molecule has 0 spiro atoms. The van der Waals surface area contributed by atoms with Crippen LogP contribution in [0.2, 0.25) is 0 Å². The van der Waals surface area contributed by atoms with Gasteiger partial charge in [-0.2, -0.15) is 4.99 Å². The number of hydrogen-bond acceptors (Lipinski definition) is 4. The van der Waals surface area contributed by atoms with Gasteiger partial charge in [0, 0.05) is 6.54 Å². The average molecular weight is 215 g/mol. The molecule has 0 bridgehead atoms. The van der Waals surface area contributed by atoms with E-state index in [2.05, 4.69) is 14.5 Å². The van der Waals surface area contributed by atoms with Crippen molar-refractivity contribution in [2.24, 2.45) is 4.99 Å². The molecule has 0 unspecified atom stereocenters. The minimum atomic E-state index is 0.543. The fourth-order valence-electron chi connectivity index (χ4n) is 1.97. The Hall–Kier alpha value is -1.97. The predicted octanol–water partition coefficient (Wildman–Crippen LogP) is 1.53. The third kappa shape index (κ3) is 1.34. The highest BCUT2D eigenvalue weighted by Gasteiger charge is 2.14. The molecule has 0 saturated heterocycles.